The molecule has 0 atom stereocenters. The summed E-state index contributed by atoms with van der Waals surface area (Å²) in [5.41, 5.74) is 6.19. The molecule has 1 aliphatic carbocycles. The third kappa shape index (κ3) is 3.39. The minimum Gasteiger partial charge on any atom is -0.454 e. The van der Waals surface area contributed by atoms with Crippen molar-refractivity contribution in [1.82, 2.24) is 0 Å². The Morgan fingerprint density at radius 2 is 1.61 bits per heavy atom. The number of nitrogens with one attached hydrogen (secondary N) is 1. The number of fused-ring (bicyclic) bond motifs is 1. The van der Waals surface area contributed by atoms with Gasteiger partial charge in [0, 0.05) is 11.1 Å². The van der Waals surface area contributed by atoms with E-state index in [9.17, 15) is 4.79 Å². The van der Waals surface area contributed by atoms with Crippen LogP contribution in [0.15, 0.2) is 60.7 Å². The second-order valence-corrected chi connectivity index (χ2v) is 9.76. The zero-order valence-electron chi connectivity index (χ0n) is 18.9. The smallest absolute Gasteiger partial charge is 0.235 e. The molecule has 3 aromatic rings. The standard InChI is InChI=1S/C28H27NO4/c1-18-3-9-22(14-23(18)19-4-6-20(7-5-19)27(2)15-31-16-27)29-26(30)28(11-12-28)21-8-10-24-25(13-21)33-17-32-24/h3-10,13-14H,11-12,15-17H2,1-2H3,(H,29,30). The summed E-state index contributed by atoms with van der Waals surface area (Å²) in [6, 6.07) is 20.7. The number of hydrogen-bond donors (Lipinski definition) is 1. The average molecular weight is 442 g/mol. The van der Waals surface area contributed by atoms with Gasteiger partial charge in [-0.05, 0) is 71.8 Å². The van der Waals surface area contributed by atoms with Crippen molar-refractivity contribution < 1.29 is 19.0 Å². The predicted octanol–water partition coefficient (Wildman–Crippen LogP) is 5.35. The van der Waals surface area contributed by atoms with Crippen LogP contribution < -0.4 is 14.8 Å². The molecule has 1 saturated carbocycles. The molecular formula is C28H27NO4. The summed E-state index contributed by atoms with van der Waals surface area (Å²) in [5, 5.41) is 3.17. The van der Waals surface area contributed by atoms with Crippen molar-refractivity contribution in [3.05, 3.63) is 77.4 Å². The van der Waals surface area contributed by atoms with E-state index in [2.05, 4.69) is 55.6 Å². The Morgan fingerprint density at radius 3 is 2.30 bits per heavy atom. The molecule has 2 fully saturated rings. The maximum absolute atomic E-state index is 13.3. The first-order chi connectivity index (χ1) is 16.0. The second-order valence-electron chi connectivity index (χ2n) is 9.76. The molecule has 1 amide bonds. The van der Waals surface area contributed by atoms with E-state index in [0.29, 0.717) is 0 Å². The van der Waals surface area contributed by atoms with Crippen LogP contribution in [0.1, 0.15) is 36.5 Å². The van der Waals surface area contributed by atoms with Gasteiger partial charge in [0.05, 0.1) is 18.6 Å². The van der Waals surface area contributed by atoms with Gasteiger partial charge in [-0.2, -0.15) is 0 Å². The van der Waals surface area contributed by atoms with Gasteiger partial charge in [-0.25, -0.2) is 0 Å². The zero-order chi connectivity index (χ0) is 22.6. The number of aryl methyl sites for hydroxylation is 1. The summed E-state index contributed by atoms with van der Waals surface area (Å²) >= 11 is 0. The molecule has 0 spiro atoms. The number of ether oxygens (including phenoxy) is 3. The van der Waals surface area contributed by atoms with E-state index < -0.39 is 5.41 Å². The lowest BCUT2D eigenvalue weighted by atomic mass is 9.80. The number of hydrogen-bond acceptors (Lipinski definition) is 4. The summed E-state index contributed by atoms with van der Waals surface area (Å²) in [5.74, 6) is 1.49. The third-order valence-corrected chi connectivity index (χ3v) is 7.34. The van der Waals surface area contributed by atoms with E-state index in [0.717, 1.165) is 59.9 Å². The molecular weight excluding hydrogens is 414 g/mol. The van der Waals surface area contributed by atoms with Crippen molar-refractivity contribution in [1.29, 1.82) is 0 Å². The fourth-order valence-corrected chi connectivity index (χ4v) is 4.85. The minimum atomic E-state index is -0.492. The first kappa shape index (κ1) is 20.3. The van der Waals surface area contributed by atoms with Gasteiger partial charge in [0.2, 0.25) is 12.7 Å². The van der Waals surface area contributed by atoms with Crippen molar-refractivity contribution in [2.45, 2.75) is 37.5 Å². The molecule has 0 aromatic heterocycles. The Balaban J connectivity index is 1.24. The summed E-state index contributed by atoms with van der Waals surface area (Å²) in [4.78, 5) is 13.3. The third-order valence-electron chi connectivity index (χ3n) is 7.34. The Bertz CT molecular complexity index is 1240. The number of benzene rings is 3. The van der Waals surface area contributed by atoms with Crippen molar-refractivity contribution in [2.24, 2.45) is 0 Å². The van der Waals surface area contributed by atoms with Crippen molar-refractivity contribution in [3.63, 3.8) is 0 Å². The van der Waals surface area contributed by atoms with Gasteiger partial charge in [-0.15, -0.1) is 0 Å². The van der Waals surface area contributed by atoms with Crippen LogP contribution in [0.5, 0.6) is 11.5 Å². The van der Waals surface area contributed by atoms with Gasteiger partial charge >= 0.3 is 0 Å². The Hall–Kier alpha value is -3.31. The molecule has 2 aliphatic heterocycles. The molecule has 2 heterocycles. The highest BCUT2D eigenvalue weighted by molar-refractivity contribution is 6.02. The van der Waals surface area contributed by atoms with Crippen LogP contribution in [0.25, 0.3) is 11.1 Å². The van der Waals surface area contributed by atoms with E-state index >= 15 is 0 Å². The van der Waals surface area contributed by atoms with Crippen molar-refractivity contribution in [3.8, 4) is 22.6 Å². The number of carbonyl (C=O) groups excluding carboxylic acids is 1. The summed E-state index contributed by atoms with van der Waals surface area (Å²) in [6.07, 6.45) is 1.67. The van der Waals surface area contributed by atoms with Crippen molar-refractivity contribution in [2.75, 3.05) is 25.3 Å². The van der Waals surface area contributed by atoms with Gasteiger partial charge < -0.3 is 19.5 Å². The van der Waals surface area contributed by atoms with Gasteiger partial charge in [0.1, 0.15) is 0 Å². The zero-order valence-corrected chi connectivity index (χ0v) is 18.9. The molecule has 3 aromatic carbocycles. The van der Waals surface area contributed by atoms with E-state index in [1.807, 2.05) is 24.3 Å². The fraction of sp³-hybridized carbons (Fsp3) is 0.321. The van der Waals surface area contributed by atoms with E-state index in [1.54, 1.807) is 0 Å². The van der Waals surface area contributed by atoms with Crippen LogP contribution >= 0.6 is 0 Å². The lowest BCUT2D eigenvalue weighted by Crippen LogP contribution is -2.43. The molecule has 0 bridgehead atoms. The molecule has 33 heavy (non-hydrogen) atoms. The lowest BCUT2D eigenvalue weighted by molar-refractivity contribution is -0.118. The van der Waals surface area contributed by atoms with E-state index in [-0.39, 0.29) is 18.1 Å². The largest absolute Gasteiger partial charge is 0.454 e. The topological polar surface area (TPSA) is 56.8 Å². The van der Waals surface area contributed by atoms with Gasteiger partial charge in [-0.3, -0.25) is 4.79 Å². The lowest BCUT2D eigenvalue weighted by Gasteiger charge is -2.38. The monoisotopic (exact) mass is 441 g/mol. The second kappa shape index (κ2) is 7.35. The summed E-state index contributed by atoms with van der Waals surface area (Å²) < 4.78 is 16.3. The van der Waals surface area contributed by atoms with Crippen LogP contribution in [0.4, 0.5) is 5.69 Å². The molecule has 1 N–H and O–H groups in total. The summed E-state index contributed by atoms with van der Waals surface area (Å²) in [7, 11) is 0. The normalized spacial score (nSPS) is 19.0. The number of amides is 1. The van der Waals surface area contributed by atoms with Gasteiger partial charge in [0.25, 0.3) is 0 Å². The highest BCUT2D eigenvalue weighted by Crippen LogP contribution is 2.51. The van der Waals surface area contributed by atoms with E-state index in [1.165, 1.54) is 11.1 Å². The minimum absolute atomic E-state index is 0.0319. The van der Waals surface area contributed by atoms with Crippen LogP contribution in [-0.2, 0) is 20.4 Å². The van der Waals surface area contributed by atoms with Gasteiger partial charge in [0.15, 0.2) is 11.5 Å². The SMILES string of the molecule is Cc1ccc(NC(=O)C2(c3ccc4c(c3)OCO4)CC2)cc1-c1ccc(C2(C)COC2)cc1. The molecule has 5 heteroatoms. The Morgan fingerprint density at radius 1 is 0.879 bits per heavy atom. The van der Waals surface area contributed by atoms with Crippen molar-refractivity contribution >= 4 is 11.6 Å². The molecule has 0 unspecified atom stereocenters. The molecule has 3 aliphatic rings. The van der Waals surface area contributed by atoms with Gasteiger partial charge in [-0.1, -0.05) is 43.3 Å². The van der Waals surface area contributed by atoms with Crippen LogP contribution in [0, 0.1) is 6.92 Å². The predicted molar refractivity (Wildman–Crippen MR) is 127 cm³/mol. The molecule has 1 saturated heterocycles. The Labute approximate surface area is 193 Å². The number of anilines is 1. The van der Waals surface area contributed by atoms with E-state index in [4.69, 9.17) is 14.2 Å². The molecule has 6 rings (SSSR count). The highest BCUT2D eigenvalue weighted by atomic mass is 16.7. The maximum Gasteiger partial charge on any atom is 0.235 e. The quantitative estimate of drug-likeness (QED) is 0.580. The van der Waals surface area contributed by atoms with Crippen LogP contribution in [0.3, 0.4) is 0 Å². The average Bonchev–Trinajstić information content (AvgIpc) is 3.50. The molecule has 5 nitrogen and oxygen atoms in total. The van der Waals surface area contributed by atoms with Crippen LogP contribution in [-0.4, -0.2) is 25.9 Å². The summed E-state index contributed by atoms with van der Waals surface area (Å²) in [6.45, 7) is 6.12. The maximum atomic E-state index is 13.3. The molecule has 0 radical (unpaired) electrons. The number of carbonyl (C=O) groups is 1. The fourth-order valence-electron chi connectivity index (χ4n) is 4.85. The number of rotatable bonds is 5. The first-order valence-corrected chi connectivity index (χ1v) is 11.5. The van der Waals surface area contributed by atoms with Crippen LogP contribution in [0.2, 0.25) is 0 Å². The Kier molecular flexibility index (Phi) is 4.53. The highest BCUT2D eigenvalue weighted by Gasteiger charge is 2.51. The first-order valence-electron chi connectivity index (χ1n) is 11.5. The molecule has 168 valence electrons.